The first kappa shape index (κ1) is 16.6. The molecule has 23 heavy (non-hydrogen) atoms. The molecule has 1 N–H and O–H groups in total. The molecule has 0 bridgehead atoms. The lowest BCUT2D eigenvalue weighted by Gasteiger charge is -2.10. The summed E-state index contributed by atoms with van der Waals surface area (Å²) in [4.78, 5) is 16.6. The molecule has 0 aromatic heterocycles. The average molecular weight is 317 g/mol. The number of carbonyl (C=O) groups excluding carboxylic acids is 1. The average Bonchev–Trinajstić information content (AvgIpc) is 2.60. The van der Waals surface area contributed by atoms with E-state index in [-0.39, 0.29) is 13.2 Å². The molecule has 0 saturated heterocycles. The molecule has 6 nitrogen and oxygen atoms in total. The molecule has 0 atom stereocenters. The van der Waals surface area contributed by atoms with E-state index in [0.717, 1.165) is 5.75 Å². The van der Waals surface area contributed by atoms with E-state index in [1.165, 1.54) is 7.11 Å². The van der Waals surface area contributed by atoms with Crippen LogP contribution in [0.25, 0.3) is 0 Å². The fourth-order valence-electron chi connectivity index (χ4n) is 1.76. The highest BCUT2D eigenvalue weighted by Gasteiger charge is 2.06. The van der Waals surface area contributed by atoms with Crippen molar-refractivity contribution in [2.45, 2.75) is 0 Å². The Hall–Kier alpha value is -2.73. The fraction of sp³-hybridized carbons (Fsp3) is 0.235. The van der Waals surface area contributed by atoms with E-state index in [4.69, 9.17) is 19.0 Å². The second kappa shape index (κ2) is 9.32. The summed E-state index contributed by atoms with van der Waals surface area (Å²) in [5.41, 5.74) is 2.29. The van der Waals surface area contributed by atoms with Gasteiger partial charge in [-0.05, 0) is 24.3 Å². The van der Waals surface area contributed by atoms with Gasteiger partial charge in [-0.2, -0.15) is 0 Å². The first-order valence-corrected chi connectivity index (χ1v) is 7.14. The van der Waals surface area contributed by atoms with E-state index < -0.39 is 5.91 Å². The van der Waals surface area contributed by atoms with Crippen molar-refractivity contribution >= 4 is 5.91 Å². The van der Waals surface area contributed by atoms with Gasteiger partial charge in [-0.15, -0.1) is 0 Å². The number of para-hydroxylation sites is 3. The van der Waals surface area contributed by atoms with Crippen LogP contribution in [0.1, 0.15) is 0 Å². The number of hydroxylamine groups is 1. The lowest BCUT2D eigenvalue weighted by molar-refractivity contribution is -0.136. The third kappa shape index (κ3) is 5.88. The molecule has 0 aliphatic heterocycles. The summed E-state index contributed by atoms with van der Waals surface area (Å²) < 4.78 is 15.9. The molecule has 0 fully saturated rings. The molecule has 6 heteroatoms. The van der Waals surface area contributed by atoms with E-state index >= 15 is 0 Å². The minimum Gasteiger partial charge on any atom is -0.493 e. The zero-order chi connectivity index (χ0) is 16.3. The summed E-state index contributed by atoms with van der Waals surface area (Å²) in [5, 5.41) is 0. The molecule has 0 unspecified atom stereocenters. The third-order valence-corrected chi connectivity index (χ3v) is 2.81. The highest BCUT2D eigenvalue weighted by molar-refractivity contribution is 5.76. The summed E-state index contributed by atoms with van der Waals surface area (Å²) in [6, 6.07) is 16.5. The van der Waals surface area contributed by atoms with Crippen LogP contribution in [0.4, 0.5) is 0 Å². The van der Waals surface area contributed by atoms with Crippen molar-refractivity contribution in [3.63, 3.8) is 0 Å². The second-order valence-electron chi connectivity index (χ2n) is 4.47. The Labute approximate surface area is 134 Å². The van der Waals surface area contributed by atoms with E-state index in [9.17, 15) is 4.79 Å². The Balaban J connectivity index is 1.60. The van der Waals surface area contributed by atoms with Crippen LogP contribution in [0.5, 0.6) is 17.2 Å². The minimum absolute atomic E-state index is 0.167. The standard InChI is InChI=1S/C17H19NO5/c1-20-15-9-5-6-10-16(15)22-13-17(19)18-23-12-11-21-14-7-3-2-4-8-14/h2-10H,11-13H2,1H3,(H,18,19). The van der Waals surface area contributed by atoms with Gasteiger partial charge in [0, 0.05) is 0 Å². The number of hydrogen-bond donors (Lipinski definition) is 1. The van der Waals surface area contributed by atoms with Crippen LogP contribution >= 0.6 is 0 Å². The van der Waals surface area contributed by atoms with Gasteiger partial charge in [-0.3, -0.25) is 9.63 Å². The molecule has 2 rings (SSSR count). The number of amides is 1. The van der Waals surface area contributed by atoms with Gasteiger partial charge in [0.05, 0.1) is 7.11 Å². The highest BCUT2D eigenvalue weighted by atomic mass is 16.7. The Kier molecular flexibility index (Phi) is 6.74. The quantitative estimate of drug-likeness (QED) is 0.567. The summed E-state index contributed by atoms with van der Waals surface area (Å²) in [6.45, 7) is 0.396. The molecule has 0 aliphatic rings. The summed E-state index contributed by atoms with van der Waals surface area (Å²) >= 11 is 0. The molecule has 0 aliphatic carbocycles. The van der Waals surface area contributed by atoms with Crippen LogP contribution < -0.4 is 19.7 Å². The lowest BCUT2D eigenvalue weighted by atomic mass is 10.3. The largest absolute Gasteiger partial charge is 0.493 e. The Morgan fingerprint density at radius 1 is 0.913 bits per heavy atom. The van der Waals surface area contributed by atoms with E-state index in [0.29, 0.717) is 18.1 Å². The van der Waals surface area contributed by atoms with Crippen molar-refractivity contribution in [3.8, 4) is 17.2 Å². The van der Waals surface area contributed by atoms with Crippen LogP contribution in [0.3, 0.4) is 0 Å². The molecule has 2 aromatic carbocycles. The molecule has 0 radical (unpaired) electrons. The number of hydrogen-bond acceptors (Lipinski definition) is 5. The van der Waals surface area contributed by atoms with Crippen LogP contribution in [0.15, 0.2) is 54.6 Å². The number of nitrogens with one attached hydrogen (secondary N) is 1. The predicted octanol–water partition coefficient (Wildman–Crippen LogP) is 2.20. The molecule has 0 spiro atoms. The molecule has 1 amide bonds. The maximum absolute atomic E-state index is 11.6. The zero-order valence-corrected chi connectivity index (χ0v) is 12.9. The zero-order valence-electron chi connectivity index (χ0n) is 12.9. The number of methoxy groups -OCH3 is 1. The molecule has 122 valence electrons. The Morgan fingerprint density at radius 2 is 1.61 bits per heavy atom. The van der Waals surface area contributed by atoms with Crippen molar-refractivity contribution in [1.82, 2.24) is 5.48 Å². The molecule has 2 aromatic rings. The first-order valence-electron chi connectivity index (χ1n) is 7.14. The maximum atomic E-state index is 11.6. The molecular formula is C17H19NO5. The van der Waals surface area contributed by atoms with E-state index in [2.05, 4.69) is 5.48 Å². The predicted molar refractivity (Wildman–Crippen MR) is 84.5 cm³/mol. The number of carbonyl (C=O) groups is 1. The lowest BCUT2D eigenvalue weighted by Crippen LogP contribution is -2.30. The van der Waals surface area contributed by atoms with Crippen LogP contribution in [0, 0.1) is 0 Å². The summed E-state index contributed by atoms with van der Waals surface area (Å²) in [7, 11) is 1.54. The van der Waals surface area contributed by atoms with Crippen LogP contribution in [-0.4, -0.2) is 32.8 Å². The molecular weight excluding hydrogens is 298 g/mol. The second-order valence-corrected chi connectivity index (χ2v) is 4.47. The fourth-order valence-corrected chi connectivity index (χ4v) is 1.76. The SMILES string of the molecule is COc1ccccc1OCC(=O)NOCCOc1ccccc1. The van der Waals surface area contributed by atoms with Crippen molar-refractivity contribution < 1.29 is 23.8 Å². The van der Waals surface area contributed by atoms with Gasteiger partial charge in [0.15, 0.2) is 18.1 Å². The van der Waals surface area contributed by atoms with Crippen molar-refractivity contribution in [1.29, 1.82) is 0 Å². The topological polar surface area (TPSA) is 66.0 Å². The van der Waals surface area contributed by atoms with Gasteiger partial charge in [0.25, 0.3) is 5.91 Å². The smallest absolute Gasteiger partial charge is 0.281 e. The maximum Gasteiger partial charge on any atom is 0.281 e. The van der Waals surface area contributed by atoms with Gasteiger partial charge >= 0.3 is 0 Å². The van der Waals surface area contributed by atoms with Crippen molar-refractivity contribution in [2.75, 3.05) is 26.9 Å². The highest BCUT2D eigenvalue weighted by Crippen LogP contribution is 2.25. The monoisotopic (exact) mass is 317 g/mol. The molecule has 0 heterocycles. The summed E-state index contributed by atoms with van der Waals surface area (Å²) in [6.07, 6.45) is 0. The van der Waals surface area contributed by atoms with Crippen molar-refractivity contribution in [2.24, 2.45) is 0 Å². The van der Waals surface area contributed by atoms with E-state index in [1.807, 2.05) is 36.4 Å². The Bertz CT molecular complexity index is 603. The van der Waals surface area contributed by atoms with Gasteiger partial charge < -0.3 is 14.2 Å². The van der Waals surface area contributed by atoms with Gasteiger partial charge in [0.2, 0.25) is 0 Å². The van der Waals surface area contributed by atoms with Gasteiger partial charge in [-0.25, -0.2) is 5.48 Å². The minimum atomic E-state index is -0.393. The number of ether oxygens (including phenoxy) is 3. The van der Waals surface area contributed by atoms with Crippen LogP contribution in [0.2, 0.25) is 0 Å². The van der Waals surface area contributed by atoms with Crippen LogP contribution in [-0.2, 0) is 9.63 Å². The molecule has 0 saturated carbocycles. The van der Waals surface area contributed by atoms with E-state index in [1.54, 1.807) is 18.2 Å². The first-order chi connectivity index (χ1) is 11.3. The van der Waals surface area contributed by atoms with Gasteiger partial charge in [-0.1, -0.05) is 30.3 Å². The number of benzene rings is 2. The van der Waals surface area contributed by atoms with Gasteiger partial charge in [0.1, 0.15) is 19.0 Å². The number of rotatable bonds is 9. The normalized spacial score (nSPS) is 9.96. The Morgan fingerprint density at radius 3 is 2.35 bits per heavy atom. The van der Waals surface area contributed by atoms with Crippen molar-refractivity contribution in [3.05, 3.63) is 54.6 Å². The summed E-state index contributed by atoms with van der Waals surface area (Å²) in [5.74, 6) is 1.42. The third-order valence-electron chi connectivity index (χ3n) is 2.81.